The number of fused-ring (bicyclic) bond motifs is 1. The number of carbonyl (C=O) groups is 1. The van der Waals surface area contributed by atoms with Crippen LogP contribution in [-0.2, 0) is 11.3 Å². The molecule has 1 saturated heterocycles. The first-order valence-electron chi connectivity index (χ1n) is 10.2. The first-order valence-corrected chi connectivity index (χ1v) is 10.2. The van der Waals surface area contributed by atoms with Crippen LogP contribution in [0, 0.1) is 13.8 Å². The summed E-state index contributed by atoms with van der Waals surface area (Å²) in [5.41, 5.74) is 4.91. The molecule has 0 aliphatic carbocycles. The Morgan fingerprint density at radius 2 is 1.97 bits per heavy atom. The number of hydrogen-bond acceptors (Lipinski definition) is 5. The van der Waals surface area contributed by atoms with Gasteiger partial charge in [0.1, 0.15) is 11.8 Å². The lowest BCUT2D eigenvalue weighted by atomic mass is 10.0. The summed E-state index contributed by atoms with van der Waals surface area (Å²) in [5.74, 6) is 0.0814. The van der Waals surface area contributed by atoms with E-state index in [9.17, 15) is 9.90 Å². The lowest BCUT2D eigenvalue weighted by Crippen LogP contribution is -2.49. The number of aryl methyl sites for hydroxylation is 1. The third kappa shape index (κ3) is 3.78. The Hall–Kier alpha value is -2.90. The number of H-pyrrole nitrogens is 1. The molecule has 1 fully saturated rings. The van der Waals surface area contributed by atoms with E-state index in [1.165, 1.54) is 0 Å². The van der Waals surface area contributed by atoms with Crippen molar-refractivity contribution in [3.63, 3.8) is 0 Å². The molecule has 30 heavy (non-hydrogen) atoms. The maximum atomic E-state index is 12.2. The number of benzene rings is 1. The molecule has 7 heteroatoms. The van der Waals surface area contributed by atoms with E-state index in [-0.39, 0.29) is 0 Å². The number of piperazine rings is 1. The number of hydrogen-bond donors (Lipinski definition) is 2. The van der Waals surface area contributed by atoms with Gasteiger partial charge in [-0.1, -0.05) is 18.2 Å². The van der Waals surface area contributed by atoms with E-state index in [2.05, 4.69) is 19.8 Å². The SMILES string of the molecule is COc1c(C)cnc(CN2CCN([C@@H](C(=O)O)c3c[nH]c4ccccc34)CC2)c1C. The van der Waals surface area contributed by atoms with Crippen molar-refractivity contribution in [3.05, 3.63) is 59.0 Å². The summed E-state index contributed by atoms with van der Waals surface area (Å²) in [6, 6.07) is 7.20. The molecule has 2 N–H and O–H groups in total. The van der Waals surface area contributed by atoms with Crippen LogP contribution in [0.15, 0.2) is 36.7 Å². The van der Waals surface area contributed by atoms with E-state index < -0.39 is 12.0 Å². The van der Waals surface area contributed by atoms with Crippen molar-refractivity contribution in [2.24, 2.45) is 0 Å². The molecule has 1 aliphatic heterocycles. The van der Waals surface area contributed by atoms with E-state index in [0.29, 0.717) is 13.1 Å². The van der Waals surface area contributed by atoms with Gasteiger partial charge in [-0.25, -0.2) is 0 Å². The van der Waals surface area contributed by atoms with Gasteiger partial charge < -0.3 is 14.8 Å². The number of pyridine rings is 1. The van der Waals surface area contributed by atoms with E-state index >= 15 is 0 Å². The topological polar surface area (TPSA) is 81.7 Å². The fourth-order valence-corrected chi connectivity index (χ4v) is 4.43. The zero-order chi connectivity index (χ0) is 21.3. The molecule has 0 spiro atoms. The van der Waals surface area contributed by atoms with Crippen LogP contribution in [0.5, 0.6) is 5.75 Å². The van der Waals surface area contributed by atoms with Gasteiger partial charge in [0.2, 0.25) is 0 Å². The van der Waals surface area contributed by atoms with Gasteiger partial charge in [0.05, 0.1) is 12.8 Å². The highest BCUT2D eigenvalue weighted by atomic mass is 16.5. The summed E-state index contributed by atoms with van der Waals surface area (Å²) >= 11 is 0. The number of methoxy groups -OCH3 is 1. The number of nitrogens with zero attached hydrogens (tertiary/aromatic N) is 3. The van der Waals surface area contributed by atoms with Crippen molar-refractivity contribution in [1.82, 2.24) is 19.8 Å². The van der Waals surface area contributed by atoms with Crippen LogP contribution >= 0.6 is 0 Å². The summed E-state index contributed by atoms with van der Waals surface area (Å²) in [7, 11) is 1.69. The summed E-state index contributed by atoms with van der Waals surface area (Å²) in [5, 5.41) is 11.0. The lowest BCUT2D eigenvalue weighted by Gasteiger charge is -2.37. The van der Waals surface area contributed by atoms with Crippen LogP contribution in [-0.4, -0.2) is 64.1 Å². The Balaban J connectivity index is 1.48. The molecule has 0 amide bonds. The maximum Gasteiger partial charge on any atom is 0.325 e. The van der Waals surface area contributed by atoms with Crippen LogP contribution in [0.4, 0.5) is 0 Å². The first-order chi connectivity index (χ1) is 14.5. The Morgan fingerprint density at radius 1 is 1.23 bits per heavy atom. The molecule has 0 bridgehead atoms. The van der Waals surface area contributed by atoms with Crippen molar-refractivity contribution in [2.45, 2.75) is 26.4 Å². The van der Waals surface area contributed by atoms with E-state index in [0.717, 1.165) is 58.7 Å². The minimum absolute atomic E-state index is 0.650. The number of aromatic nitrogens is 2. The van der Waals surface area contributed by atoms with Gasteiger partial charge in [0, 0.05) is 72.7 Å². The molecule has 0 saturated carbocycles. The minimum atomic E-state index is -0.811. The third-order valence-electron chi connectivity index (χ3n) is 6.04. The summed E-state index contributed by atoms with van der Waals surface area (Å²) < 4.78 is 5.52. The molecular weight excluding hydrogens is 380 g/mol. The summed E-state index contributed by atoms with van der Waals surface area (Å²) in [4.78, 5) is 24.4. The number of para-hydroxylation sites is 1. The van der Waals surface area contributed by atoms with E-state index in [1.807, 2.05) is 50.5 Å². The van der Waals surface area contributed by atoms with Crippen LogP contribution in [0.1, 0.15) is 28.4 Å². The zero-order valence-corrected chi connectivity index (χ0v) is 17.7. The molecule has 2 aromatic heterocycles. The van der Waals surface area contributed by atoms with Crippen molar-refractivity contribution in [3.8, 4) is 5.75 Å². The number of aliphatic carboxylic acids is 1. The molecule has 158 valence electrons. The molecule has 0 unspecified atom stereocenters. The Labute approximate surface area is 176 Å². The van der Waals surface area contributed by atoms with Crippen LogP contribution in [0.25, 0.3) is 10.9 Å². The van der Waals surface area contributed by atoms with Gasteiger partial charge in [-0.2, -0.15) is 0 Å². The first kappa shape index (κ1) is 20.4. The molecule has 1 aliphatic rings. The Kier molecular flexibility index (Phi) is 5.74. The molecule has 1 aromatic carbocycles. The van der Waals surface area contributed by atoms with Gasteiger partial charge >= 0.3 is 5.97 Å². The molecule has 0 radical (unpaired) electrons. The predicted molar refractivity (Wildman–Crippen MR) is 116 cm³/mol. The quantitative estimate of drug-likeness (QED) is 0.652. The maximum absolute atomic E-state index is 12.2. The fourth-order valence-electron chi connectivity index (χ4n) is 4.43. The average Bonchev–Trinajstić information content (AvgIpc) is 3.15. The molecule has 1 atom stereocenters. The smallest absolute Gasteiger partial charge is 0.325 e. The van der Waals surface area contributed by atoms with Crippen LogP contribution in [0.2, 0.25) is 0 Å². The fraction of sp³-hybridized carbons (Fsp3) is 0.391. The predicted octanol–water partition coefficient (Wildman–Crippen LogP) is 3.13. The molecular formula is C23H28N4O3. The number of nitrogens with one attached hydrogen (secondary N) is 1. The Morgan fingerprint density at radius 3 is 2.67 bits per heavy atom. The zero-order valence-electron chi connectivity index (χ0n) is 17.7. The van der Waals surface area contributed by atoms with Gasteiger partial charge in [-0.05, 0) is 19.9 Å². The highest BCUT2D eigenvalue weighted by Crippen LogP contribution is 2.30. The van der Waals surface area contributed by atoms with Crippen molar-refractivity contribution >= 4 is 16.9 Å². The number of rotatable bonds is 6. The monoisotopic (exact) mass is 408 g/mol. The molecule has 3 aromatic rings. The average molecular weight is 409 g/mol. The number of ether oxygens (including phenoxy) is 1. The largest absolute Gasteiger partial charge is 0.496 e. The standard InChI is InChI=1S/C23H28N4O3/c1-15-12-24-20(16(2)22(15)30-3)14-26-8-10-27(11-9-26)21(23(28)29)18-13-25-19-7-5-4-6-17(18)19/h4-7,12-13,21,25H,8-11,14H2,1-3H3,(H,28,29)/t21-/m1/s1. The molecule has 7 nitrogen and oxygen atoms in total. The minimum Gasteiger partial charge on any atom is -0.496 e. The van der Waals surface area contributed by atoms with Crippen molar-refractivity contribution < 1.29 is 14.6 Å². The van der Waals surface area contributed by atoms with Crippen LogP contribution < -0.4 is 4.74 Å². The molecule has 3 heterocycles. The normalized spacial score (nSPS) is 16.6. The number of aromatic amines is 1. The van der Waals surface area contributed by atoms with Gasteiger partial charge in [-0.3, -0.25) is 19.6 Å². The van der Waals surface area contributed by atoms with Gasteiger partial charge in [0.15, 0.2) is 0 Å². The van der Waals surface area contributed by atoms with Crippen molar-refractivity contribution in [1.29, 1.82) is 0 Å². The highest BCUT2D eigenvalue weighted by Gasteiger charge is 2.32. The second kappa shape index (κ2) is 8.45. The summed E-state index contributed by atoms with van der Waals surface area (Å²) in [6.07, 6.45) is 3.69. The Bertz CT molecular complexity index is 1050. The van der Waals surface area contributed by atoms with Crippen molar-refractivity contribution in [2.75, 3.05) is 33.3 Å². The third-order valence-corrected chi connectivity index (χ3v) is 6.04. The van der Waals surface area contributed by atoms with E-state index in [4.69, 9.17) is 4.74 Å². The second-order valence-electron chi connectivity index (χ2n) is 7.89. The number of carboxylic acid groups (broad SMARTS) is 1. The highest BCUT2D eigenvalue weighted by molar-refractivity contribution is 5.89. The lowest BCUT2D eigenvalue weighted by molar-refractivity contribution is -0.144. The van der Waals surface area contributed by atoms with Gasteiger partial charge in [0.25, 0.3) is 0 Å². The van der Waals surface area contributed by atoms with Gasteiger partial charge in [-0.15, -0.1) is 0 Å². The van der Waals surface area contributed by atoms with Crippen LogP contribution in [0.3, 0.4) is 0 Å². The second-order valence-corrected chi connectivity index (χ2v) is 7.89. The summed E-state index contributed by atoms with van der Waals surface area (Å²) in [6.45, 7) is 7.76. The molecule has 4 rings (SSSR count). The number of carboxylic acids is 1. The van der Waals surface area contributed by atoms with E-state index in [1.54, 1.807) is 7.11 Å².